The summed E-state index contributed by atoms with van der Waals surface area (Å²) in [6.45, 7) is 17.1. The molecule has 1 aliphatic rings. The van der Waals surface area contributed by atoms with Crippen molar-refractivity contribution in [1.29, 1.82) is 0 Å². The molecule has 0 unspecified atom stereocenters. The minimum atomic E-state index is -1.02. The van der Waals surface area contributed by atoms with Crippen LogP contribution in [0.5, 0.6) is 11.5 Å². The lowest BCUT2D eigenvalue weighted by Crippen LogP contribution is -2.58. The maximum Gasteiger partial charge on any atom is 0.284 e. The van der Waals surface area contributed by atoms with Gasteiger partial charge in [-0.15, -0.1) is 0 Å². The third-order valence-electron chi connectivity index (χ3n) is 7.39. The molecule has 0 fully saturated rings. The van der Waals surface area contributed by atoms with Crippen LogP contribution in [0.1, 0.15) is 68.7 Å². The van der Waals surface area contributed by atoms with Crippen molar-refractivity contribution in [2.24, 2.45) is 0 Å². The summed E-state index contributed by atoms with van der Waals surface area (Å²) in [7, 11) is 0. The number of hydrogen-bond donors (Lipinski definition) is 2. The lowest BCUT2D eigenvalue weighted by molar-refractivity contribution is 0.0888. The summed E-state index contributed by atoms with van der Waals surface area (Å²) in [6.07, 6.45) is 1.65. The number of nitrogens with zero attached hydrogens (tertiary/aromatic N) is 3. The number of nitrogens with one attached hydrogen (secondary N) is 2. The smallest absolute Gasteiger partial charge is 0.284 e. The predicted molar refractivity (Wildman–Crippen MR) is 157 cm³/mol. The fraction of sp³-hybridized carbons (Fsp3) is 0.419. The Morgan fingerprint density at radius 2 is 1.26 bits per heavy atom. The number of hydrazine groups is 1. The fourth-order valence-electron chi connectivity index (χ4n) is 5.50. The van der Waals surface area contributed by atoms with Gasteiger partial charge in [0.05, 0.1) is 13.2 Å². The van der Waals surface area contributed by atoms with Gasteiger partial charge in [0, 0.05) is 72.6 Å². The summed E-state index contributed by atoms with van der Waals surface area (Å²) < 4.78 is 12.6. The molecular formula is C31H41N5O3. The number of amides is 1. The van der Waals surface area contributed by atoms with Crippen molar-refractivity contribution in [2.45, 2.75) is 47.1 Å². The van der Waals surface area contributed by atoms with E-state index >= 15 is 0 Å². The van der Waals surface area contributed by atoms with E-state index in [0.717, 1.165) is 65.7 Å². The fourth-order valence-corrected chi connectivity index (χ4v) is 5.50. The number of fused-ring (bicyclic) bond motifs is 1. The molecule has 1 aliphatic heterocycles. The van der Waals surface area contributed by atoms with Gasteiger partial charge in [-0.3, -0.25) is 15.2 Å². The van der Waals surface area contributed by atoms with Crippen LogP contribution in [0.15, 0.2) is 54.7 Å². The summed E-state index contributed by atoms with van der Waals surface area (Å²) in [6, 6.07) is 16.4. The van der Waals surface area contributed by atoms with Crippen LogP contribution in [0.3, 0.4) is 0 Å². The van der Waals surface area contributed by atoms with E-state index in [1.807, 2.05) is 26.0 Å². The first-order valence-corrected chi connectivity index (χ1v) is 14.1. The Kier molecular flexibility index (Phi) is 8.97. The zero-order chi connectivity index (χ0) is 28.0. The van der Waals surface area contributed by atoms with Gasteiger partial charge in [0.15, 0.2) is 0 Å². The highest BCUT2D eigenvalue weighted by Crippen LogP contribution is 2.48. The summed E-state index contributed by atoms with van der Waals surface area (Å²) in [4.78, 5) is 22.1. The SMILES string of the molecule is CCOc1cc(N(CC)CC)ccc1C1(c2ccc(N(CC)CC)cc2OCC)NNC(=O)c2ncccc21. The lowest BCUT2D eigenvalue weighted by Gasteiger charge is -2.42. The molecule has 2 heterocycles. The molecule has 8 heteroatoms. The molecule has 1 aromatic heterocycles. The molecule has 4 rings (SSSR count). The van der Waals surface area contributed by atoms with Crippen LogP contribution in [0, 0.1) is 0 Å². The zero-order valence-corrected chi connectivity index (χ0v) is 24.0. The average Bonchev–Trinajstić information content (AvgIpc) is 2.96. The van der Waals surface area contributed by atoms with Gasteiger partial charge in [-0.05, 0) is 59.7 Å². The highest BCUT2D eigenvalue weighted by molar-refractivity contribution is 5.96. The van der Waals surface area contributed by atoms with E-state index in [4.69, 9.17) is 9.47 Å². The van der Waals surface area contributed by atoms with Gasteiger partial charge in [0.2, 0.25) is 0 Å². The van der Waals surface area contributed by atoms with Gasteiger partial charge in [0.1, 0.15) is 22.7 Å². The summed E-state index contributed by atoms with van der Waals surface area (Å²) in [5, 5.41) is 0. The van der Waals surface area contributed by atoms with Crippen molar-refractivity contribution in [3.05, 3.63) is 77.1 Å². The van der Waals surface area contributed by atoms with Gasteiger partial charge in [0.25, 0.3) is 5.91 Å². The second-order valence-corrected chi connectivity index (χ2v) is 9.30. The van der Waals surface area contributed by atoms with Crippen molar-refractivity contribution in [2.75, 3.05) is 49.2 Å². The first kappa shape index (κ1) is 28.2. The number of pyridine rings is 1. The molecule has 0 spiro atoms. The van der Waals surface area contributed by atoms with Crippen LogP contribution >= 0.6 is 0 Å². The van der Waals surface area contributed by atoms with Crippen molar-refractivity contribution in [1.82, 2.24) is 15.8 Å². The Morgan fingerprint density at radius 1 is 0.744 bits per heavy atom. The standard InChI is InChI=1S/C31H41N5O3/c1-7-35(8-2)22-15-17-24(27(20-22)38-11-5)31(26-14-13-19-32-29(26)30(37)33-34-31)25-18-16-23(36(9-3)10-4)21-28(25)39-12-6/h13-21,34H,7-12H2,1-6H3,(H,33,37). The summed E-state index contributed by atoms with van der Waals surface area (Å²) in [5.74, 6) is 1.18. The van der Waals surface area contributed by atoms with Crippen molar-refractivity contribution < 1.29 is 14.3 Å². The Bertz CT molecular complexity index is 1220. The number of carbonyl (C=O) groups is 1. The van der Waals surface area contributed by atoms with E-state index in [1.165, 1.54) is 0 Å². The topological polar surface area (TPSA) is 79.0 Å². The number of benzene rings is 2. The molecule has 0 radical (unpaired) electrons. The molecular weight excluding hydrogens is 490 g/mol. The van der Waals surface area contributed by atoms with Crippen LogP contribution in [0.2, 0.25) is 0 Å². The minimum Gasteiger partial charge on any atom is -0.493 e. The van der Waals surface area contributed by atoms with E-state index in [2.05, 4.69) is 89.7 Å². The Labute approximate surface area is 232 Å². The molecule has 1 amide bonds. The van der Waals surface area contributed by atoms with Crippen LogP contribution in [-0.4, -0.2) is 50.3 Å². The van der Waals surface area contributed by atoms with E-state index in [0.29, 0.717) is 18.9 Å². The molecule has 0 atom stereocenters. The van der Waals surface area contributed by atoms with Crippen LogP contribution in [0.25, 0.3) is 0 Å². The first-order valence-electron chi connectivity index (χ1n) is 14.1. The second kappa shape index (κ2) is 12.4. The van der Waals surface area contributed by atoms with E-state index in [1.54, 1.807) is 6.20 Å². The molecule has 3 aromatic rings. The van der Waals surface area contributed by atoms with Gasteiger partial charge in [-0.1, -0.05) is 18.2 Å². The maximum atomic E-state index is 13.0. The number of carbonyl (C=O) groups excluding carboxylic acids is 1. The Morgan fingerprint density at radius 3 is 1.72 bits per heavy atom. The molecule has 0 saturated carbocycles. The lowest BCUT2D eigenvalue weighted by atomic mass is 9.74. The molecule has 0 aliphatic carbocycles. The number of aromatic nitrogens is 1. The van der Waals surface area contributed by atoms with Crippen molar-refractivity contribution >= 4 is 17.3 Å². The number of anilines is 2. The van der Waals surface area contributed by atoms with Crippen LogP contribution in [0.4, 0.5) is 11.4 Å². The maximum absolute atomic E-state index is 13.0. The molecule has 39 heavy (non-hydrogen) atoms. The predicted octanol–water partition coefficient (Wildman–Crippen LogP) is 5.11. The van der Waals surface area contributed by atoms with Gasteiger partial charge in [-0.2, -0.15) is 0 Å². The summed E-state index contributed by atoms with van der Waals surface area (Å²) >= 11 is 0. The monoisotopic (exact) mass is 531 g/mol. The minimum absolute atomic E-state index is 0.281. The van der Waals surface area contributed by atoms with Gasteiger partial charge in [-0.25, -0.2) is 5.43 Å². The average molecular weight is 532 g/mol. The van der Waals surface area contributed by atoms with Crippen LogP contribution < -0.4 is 30.1 Å². The Hall–Kier alpha value is -3.78. The highest BCUT2D eigenvalue weighted by Gasteiger charge is 2.47. The van der Waals surface area contributed by atoms with Crippen LogP contribution in [-0.2, 0) is 5.54 Å². The largest absolute Gasteiger partial charge is 0.493 e. The summed E-state index contributed by atoms with van der Waals surface area (Å²) in [5.41, 5.74) is 10.3. The van der Waals surface area contributed by atoms with Gasteiger partial charge >= 0.3 is 0 Å². The number of hydrogen-bond acceptors (Lipinski definition) is 7. The first-order chi connectivity index (χ1) is 19.0. The number of rotatable bonds is 12. The highest BCUT2D eigenvalue weighted by atomic mass is 16.5. The van der Waals surface area contributed by atoms with Crippen molar-refractivity contribution in [3.63, 3.8) is 0 Å². The molecule has 2 N–H and O–H groups in total. The molecule has 0 bridgehead atoms. The third-order valence-corrected chi connectivity index (χ3v) is 7.39. The quantitative estimate of drug-likeness (QED) is 0.336. The second-order valence-electron chi connectivity index (χ2n) is 9.30. The van der Waals surface area contributed by atoms with Crippen molar-refractivity contribution in [3.8, 4) is 11.5 Å². The molecule has 8 nitrogen and oxygen atoms in total. The van der Waals surface area contributed by atoms with E-state index in [9.17, 15) is 4.79 Å². The normalized spacial score (nSPS) is 13.8. The molecule has 2 aromatic carbocycles. The third kappa shape index (κ3) is 5.13. The van der Waals surface area contributed by atoms with E-state index in [-0.39, 0.29) is 5.91 Å². The van der Waals surface area contributed by atoms with Gasteiger partial charge < -0.3 is 19.3 Å². The Balaban J connectivity index is 2.07. The van der Waals surface area contributed by atoms with E-state index < -0.39 is 5.54 Å². The molecule has 0 saturated heterocycles. The zero-order valence-electron chi connectivity index (χ0n) is 24.0. The molecule has 208 valence electrons. The number of ether oxygens (including phenoxy) is 2.